The summed E-state index contributed by atoms with van der Waals surface area (Å²) in [5, 5.41) is 2.58. The SMILES string of the molecule is COP(=O)(OC)C1=CSC2=NC(c3ccccc3)=CC(c3ccc(SC)cc3)N12. The number of hydrogen-bond acceptors (Lipinski definition) is 7. The Balaban J connectivity index is 1.81. The van der Waals surface area contributed by atoms with Gasteiger partial charge in [0, 0.05) is 24.5 Å². The molecule has 2 aliphatic heterocycles. The van der Waals surface area contributed by atoms with E-state index < -0.39 is 7.60 Å². The summed E-state index contributed by atoms with van der Waals surface area (Å²) in [7, 11) is -0.621. The molecule has 0 aromatic heterocycles. The molecule has 2 aromatic rings. The lowest BCUT2D eigenvalue weighted by atomic mass is 10.0. The smallest absolute Gasteiger partial charge is 0.308 e. The molecule has 8 heteroatoms. The van der Waals surface area contributed by atoms with E-state index in [4.69, 9.17) is 14.0 Å². The summed E-state index contributed by atoms with van der Waals surface area (Å²) in [5.74, 6) is 0. The second-order valence-corrected chi connectivity index (χ2v) is 10.3. The molecule has 0 spiro atoms. The second kappa shape index (κ2) is 8.54. The van der Waals surface area contributed by atoms with Crippen LogP contribution in [0.1, 0.15) is 17.2 Å². The van der Waals surface area contributed by atoms with Gasteiger partial charge < -0.3 is 13.9 Å². The molecule has 0 saturated heterocycles. The van der Waals surface area contributed by atoms with Gasteiger partial charge in [-0.2, -0.15) is 0 Å². The molecular weight excluding hydrogens is 423 g/mol. The standard InChI is InChI=1S/C21H21N2O3PS2/c1-25-27(24,26-2)20-14-29-21-22-18(15-7-5-4-6-8-15)13-19(23(20)21)16-9-11-17(28-3)12-10-16/h4-14,19H,1-3H3. The zero-order chi connectivity index (χ0) is 20.4. The lowest BCUT2D eigenvalue weighted by molar-refractivity contribution is 0.272. The molecule has 0 N–H and O–H groups in total. The third-order valence-electron chi connectivity index (χ3n) is 4.82. The fourth-order valence-corrected chi connectivity index (χ4v) is 6.25. The van der Waals surface area contributed by atoms with Gasteiger partial charge in [-0.05, 0) is 35.6 Å². The van der Waals surface area contributed by atoms with Crippen molar-refractivity contribution in [2.24, 2.45) is 4.99 Å². The van der Waals surface area contributed by atoms with Crippen LogP contribution in [0.5, 0.6) is 0 Å². The average Bonchev–Trinajstić information content (AvgIpc) is 3.23. The Kier molecular flexibility index (Phi) is 6.04. The second-order valence-electron chi connectivity index (χ2n) is 6.36. The molecule has 0 radical (unpaired) electrons. The van der Waals surface area contributed by atoms with Gasteiger partial charge in [0.25, 0.3) is 0 Å². The molecule has 1 atom stereocenters. The van der Waals surface area contributed by atoms with Crippen LogP contribution in [0.2, 0.25) is 0 Å². The first kappa shape index (κ1) is 20.5. The third-order valence-corrected chi connectivity index (χ3v) is 8.45. The number of rotatable bonds is 6. The molecule has 5 nitrogen and oxygen atoms in total. The normalized spacial score (nSPS) is 18.8. The van der Waals surface area contributed by atoms with Crippen molar-refractivity contribution in [1.29, 1.82) is 0 Å². The molecule has 0 saturated carbocycles. The number of nitrogens with zero attached hydrogens (tertiary/aromatic N) is 2. The lowest BCUT2D eigenvalue weighted by Gasteiger charge is -2.34. The van der Waals surface area contributed by atoms with Crippen molar-refractivity contribution >= 4 is 42.0 Å². The van der Waals surface area contributed by atoms with Crippen molar-refractivity contribution in [2.75, 3.05) is 20.5 Å². The van der Waals surface area contributed by atoms with E-state index in [1.165, 1.54) is 30.9 Å². The molecule has 0 fully saturated rings. The van der Waals surface area contributed by atoms with E-state index in [0.717, 1.165) is 22.0 Å². The van der Waals surface area contributed by atoms with Gasteiger partial charge in [0.15, 0.2) is 5.17 Å². The topological polar surface area (TPSA) is 51.1 Å². The van der Waals surface area contributed by atoms with Gasteiger partial charge in [-0.3, -0.25) is 4.57 Å². The van der Waals surface area contributed by atoms with Crippen molar-refractivity contribution in [2.45, 2.75) is 10.9 Å². The third kappa shape index (κ3) is 3.86. The van der Waals surface area contributed by atoms with Gasteiger partial charge in [-0.1, -0.05) is 54.2 Å². The summed E-state index contributed by atoms with van der Waals surface area (Å²) >= 11 is 3.13. The van der Waals surface area contributed by atoms with Crippen LogP contribution in [0.15, 0.2) is 81.4 Å². The highest BCUT2D eigenvalue weighted by Gasteiger charge is 2.43. The highest BCUT2D eigenvalue weighted by atomic mass is 32.2. The number of hydrogen-bond donors (Lipinski definition) is 0. The number of aliphatic imine (C=N–C) groups is 1. The number of benzene rings is 2. The summed E-state index contributed by atoms with van der Waals surface area (Å²) < 4.78 is 23.8. The van der Waals surface area contributed by atoms with Crippen molar-refractivity contribution < 1.29 is 13.6 Å². The van der Waals surface area contributed by atoms with Crippen LogP contribution in [0, 0.1) is 0 Å². The molecular formula is C21H21N2O3PS2. The van der Waals surface area contributed by atoms with Crippen LogP contribution < -0.4 is 0 Å². The Hall–Kier alpha value is -1.76. The largest absolute Gasteiger partial charge is 0.377 e. The minimum Gasteiger partial charge on any atom is -0.308 e. The van der Waals surface area contributed by atoms with Gasteiger partial charge in [0.05, 0.1) is 11.7 Å². The minimum atomic E-state index is -3.43. The fourth-order valence-electron chi connectivity index (χ4n) is 3.30. The van der Waals surface area contributed by atoms with Crippen LogP contribution in [0.3, 0.4) is 0 Å². The van der Waals surface area contributed by atoms with E-state index in [1.807, 2.05) is 40.6 Å². The van der Waals surface area contributed by atoms with Gasteiger partial charge in [-0.15, -0.1) is 11.8 Å². The lowest BCUT2D eigenvalue weighted by Crippen LogP contribution is -2.31. The first-order valence-electron chi connectivity index (χ1n) is 8.97. The maximum Gasteiger partial charge on any atom is 0.377 e. The number of thioether (sulfide) groups is 2. The first-order chi connectivity index (χ1) is 14.1. The van der Waals surface area contributed by atoms with E-state index in [2.05, 4.69) is 36.6 Å². The summed E-state index contributed by atoms with van der Waals surface area (Å²) in [4.78, 5) is 7.98. The van der Waals surface area contributed by atoms with Crippen LogP contribution in [-0.4, -0.2) is 30.5 Å². The molecule has 2 aliphatic rings. The molecule has 2 aromatic carbocycles. The van der Waals surface area contributed by atoms with Gasteiger partial charge in [0.2, 0.25) is 0 Å². The van der Waals surface area contributed by atoms with Gasteiger partial charge >= 0.3 is 7.60 Å². The molecule has 0 aliphatic carbocycles. The Bertz CT molecular complexity index is 1030. The van der Waals surface area contributed by atoms with E-state index in [0.29, 0.717) is 5.44 Å². The van der Waals surface area contributed by atoms with Crippen molar-refractivity contribution in [1.82, 2.24) is 4.90 Å². The molecule has 150 valence electrons. The monoisotopic (exact) mass is 444 g/mol. The summed E-state index contributed by atoms with van der Waals surface area (Å²) in [6.07, 6.45) is 4.15. The van der Waals surface area contributed by atoms with Crippen molar-refractivity contribution in [3.05, 3.63) is 82.6 Å². The molecule has 29 heavy (non-hydrogen) atoms. The van der Waals surface area contributed by atoms with Crippen LogP contribution >= 0.6 is 31.1 Å². The van der Waals surface area contributed by atoms with E-state index >= 15 is 0 Å². The number of fused-ring (bicyclic) bond motifs is 1. The summed E-state index contributed by atoms with van der Waals surface area (Å²) in [6.45, 7) is 0. The fraction of sp³-hybridized carbons (Fsp3) is 0.190. The Morgan fingerprint density at radius 1 is 1.07 bits per heavy atom. The summed E-state index contributed by atoms with van der Waals surface area (Å²) in [5.41, 5.74) is 3.52. The molecule has 0 bridgehead atoms. The summed E-state index contributed by atoms with van der Waals surface area (Å²) in [6, 6.07) is 18.3. The van der Waals surface area contributed by atoms with E-state index in [1.54, 1.807) is 11.8 Å². The quantitative estimate of drug-likeness (QED) is 0.391. The van der Waals surface area contributed by atoms with Gasteiger partial charge in [0.1, 0.15) is 5.44 Å². The van der Waals surface area contributed by atoms with Crippen molar-refractivity contribution in [3.8, 4) is 0 Å². The molecule has 2 heterocycles. The average molecular weight is 445 g/mol. The van der Waals surface area contributed by atoms with Crippen LogP contribution in [0.4, 0.5) is 0 Å². The van der Waals surface area contributed by atoms with Crippen LogP contribution in [-0.2, 0) is 13.6 Å². The van der Waals surface area contributed by atoms with E-state index in [-0.39, 0.29) is 6.04 Å². The zero-order valence-corrected chi connectivity index (χ0v) is 18.8. The predicted molar refractivity (Wildman–Crippen MR) is 122 cm³/mol. The highest BCUT2D eigenvalue weighted by Crippen LogP contribution is 2.61. The number of amidine groups is 1. The van der Waals surface area contributed by atoms with Gasteiger partial charge in [-0.25, -0.2) is 4.99 Å². The molecule has 4 rings (SSSR count). The zero-order valence-electron chi connectivity index (χ0n) is 16.3. The first-order valence-corrected chi connectivity index (χ1v) is 12.6. The Morgan fingerprint density at radius 2 is 1.76 bits per heavy atom. The maximum absolute atomic E-state index is 13.2. The van der Waals surface area contributed by atoms with Crippen LogP contribution in [0.25, 0.3) is 5.70 Å². The highest BCUT2D eigenvalue weighted by molar-refractivity contribution is 8.17. The van der Waals surface area contributed by atoms with E-state index in [9.17, 15) is 4.57 Å². The van der Waals surface area contributed by atoms with Crippen molar-refractivity contribution in [3.63, 3.8) is 0 Å². The maximum atomic E-state index is 13.2. The Labute approximate surface area is 179 Å². The molecule has 0 amide bonds. The Morgan fingerprint density at radius 3 is 2.38 bits per heavy atom. The molecule has 1 unspecified atom stereocenters. The predicted octanol–water partition coefficient (Wildman–Crippen LogP) is 6.19. The minimum absolute atomic E-state index is 0.173.